The monoisotopic (exact) mass is 291 g/mol. The van der Waals surface area contributed by atoms with Crippen LogP contribution in [0.2, 0.25) is 0 Å². The van der Waals surface area contributed by atoms with E-state index in [9.17, 15) is 19.7 Å². The number of esters is 1. The average Bonchev–Trinajstić information content (AvgIpc) is 2.90. The third-order valence-electron chi connectivity index (χ3n) is 4.01. The normalized spacial score (nSPS) is 30.4. The van der Waals surface area contributed by atoms with Gasteiger partial charge in [0.1, 0.15) is 6.10 Å². The van der Waals surface area contributed by atoms with Crippen LogP contribution in [0.5, 0.6) is 0 Å². The van der Waals surface area contributed by atoms with E-state index in [1.807, 2.05) is 0 Å². The number of carbonyl (C=O) groups excluding carboxylic acids is 2. The molecule has 7 nitrogen and oxygen atoms in total. The summed E-state index contributed by atoms with van der Waals surface area (Å²) in [5.41, 5.74) is -1.13. The third kappa shape index (κ3) is 1.84. The Hall–Kier alpha value is -2.28. The topological polar surface area (TPSA) is 95.7 Å². The van der Waals surface area contributed by atoms with Gasteiger partial charge in [-0.3, -0.25) is 19.7 Å². The van der Waals surface area contributed by atoms with Crippen molar-refractivity contribution in [3.05, 3.63) is 39.9 Å². The van der Waals surface area contributed by atoms with Gasteiger partial charge in [-0.1, -0.05) is 0 Å². The summed E-state index contributed by atoms with van der Waals surface area (Å²) < 4.78 is 10.8. The van der Waals surface area contributed by atoms with Gasteiger partial charge >= 0.3 is 5.97 Å². The summed E-state index contributed by atoms with van der Waals surface area (Å²) >= 11 is 0. The number of nitro groups is 1. The molecule has 0 bridgehead atoms. The summed E-state index contributed by atoms with van der Waals surface area (Å²) in [5, 5.41) is 10.7. The van der Waals surface area contributed by atoms with Gasteiger partial charge in [-0.25, -0.2) is 0 Å². The van der Waals surface area contributed by atoms with Crippen LogP contribution in [0.15, 0.2) is 24.3 Å². The van der Waals surface area contributed by atoms with Crippen molar-refractivity contribution >= 4 is 17.4 Å². The van der Waals surface area contributed by atoms with Crippen molar-refractivity contribution in [3.63, 3.8) is 0 Å². The van der Waals surface area contributed by atoms with E-state index >= 15 is 0 Å². The second kappa shape index (κ2) is 4.63. The fourth-order valence-corrected chi connectivity index (χ4v) is 3.11. The van der Waals surface area contributed by atoms with Crippen molar-refractivity contribution in [2.24, 2.45) is 5.92 Å². The van der Waals surface area contributed by atoms with Gasteiger partial charge in [-0.15, -0.1) is 0 Å². The van der Waals surface area contributed by atoms with Gasteiger partial charge in [-0.05, 0) is 18.6 Å². The summed E-state index contributed by atoms with van der Waals surface area (Å²) in [6.45, 7) is 1.67. The molecule has 0 unspecified atom stereocenters. The molecular formula is C14H13NO6. The molecule has 1 aromatic rings. The summed E-state index contributed by atoms with van der Waals surface area (Å²) in [4.78, 5) is 34.0. The second-order valence-corrected chi connectivity index (χ2v) is 5.18. The standard InChI is InChI=1S/C14H13NO6/c1-8(16)21-14(12(17)11-6-7-20-13(11)14)9-2-4-10(5-3-9)15(18)19/h2-5,11,13H,6-7H2,1H3/t11-,13-,14-/m1/s1. The number of benzene rings is 1. The first-order chi connectivity index (χ1) is 9.96. The molecule has 7 heteroatoms. The summed E-state index contributed by atoms with van der Waals surface area (Å²) in [5.74, 6) is -1.05. The molecular weight excluding hydrogens is 278 g/mol. The van der Waals surface area contributed by atoms with E-state index < -0.39 is 22.6 Å². The third-order valence-corrected chi connectivity index (χ3v) is 4.01. The molecule has 1 heterocycles. The van der Waals surface area contributed by atoms with Crippen LogP contribution in [0.25, 0.3) is 0 Å². The van der Waals surface area contributed by atoms with Gasteiger partial charge in [0.15, 0.2) is 5.78 Å². The van der Waals surface area contributed by atoms with Crippen molar-refractivity contribution in [2.75, 3.05) is 6.61 Å². The molecule has 3 rings (SSSR count). The lowest BCUT2D eigenvalue weighted by Gasteiger charge is -2.47. The highest BCUT2D eigenvalue weighted by molar-refractivity contribution is 6.00. The van der Waals surface area contributed by atoms with E-state index in [0.29, 0.717) is 18.6 Å². The highest BCUT2D eigenvalue weighted by Gasteiger charge is 2.68. The zero-order valence-corrected chi connectivity index (χ0v) is 11.3. The summed E-state index contributed by atoms with van der Waals surface area (Å²) in [6, 6.07) is 5.46. The van der Waals surface area contributed by atoms with Gasteiger partial charge < -0.3 is 9.47 Å². The average molecular weight is 291 g/mol. The second-order valence-electron chi connectivity index (χ2n) is 5.18. The number of ketones is 1. The van der Waals surface area contributed by atoms with Gasteiger partial charge in [0, 0.05) is 31.2 Å². The Balaban J connectivity index is 2.02. The predicted molar refractivity (Wildman–Crippen MR) is 69.4 cm³/mol. The molecule has 0 radical (unpaired) electrons. The maximum atomic E-state index is 12.4. The van der Waals surface area contributed by atoms with Crippen LogP contribution >= 0.6 is 0 Å². The minimum atomic E-state index is -1.46. The molecule has 3 atom stereocenters. The largest absolute Gasteiger partial charge is 0.443 e. The Labute approximate surface area is 120 Å². The Morgan fingerprint density at radius 1 is 1.43 bits per heavy atom. The Morgan fingerprint density at radius 3 is 2.67 bits per heavy atom. The first kappa shape index (κ1) is 13.7. The number of hydrogen-bond donors (Lipinski definition) is 0. The lowest BCUT2D eigenvalue weighted by molar-refractivity contribution is -0.384. The summed E-state index contributed by atoms with van der Waals surface area (Å²) in [6.07, 6.45) is 0.106. The maximum absolute atomic E-state index is 12.4. The number of hydrogen-bond acceptors (Lipinski definition) is 6. The zero-order chi connectivity index (χ0) is 15.2. The zero-order valence-electron chi connectivity index (χ0n) is 11.3. The number of non-ortho nitro benzene ring substituents is 1. The molecule has 0 N–H and O–H groups in total. The first-order valence-corrected chi connectivity index (χ1v) is 6.57. The predicted octanol–water partition coefficient (Wildman–Crippen LogP) is 1.34. The molecule has 1 saturated carbocycles. The van der Waals surface area contributed by atoms with Gasteiger partial charge in [0.05, 0.1) is 10.8 Å². The minimum absolute atomic E-state index is 0.0904. The van der Waals surface area contributed by atoms with Crippen LogP contribution in [0.1, 0.15) is 18.9 Å². The van der Waals surface area contributed by atoms with Crippen molar-refractivity contribution in [1.82, 2.24) is 0 Å². The maximum Gasteiger partial charge on any atom is 0.304 e. The smallest absolute Gasteiger partial charge is 0.304 e. The molecule has 2 aliphatic rings. The van der Waals surface area contributed by atoms with Gasteiger partial charge in [0.25, 0.3) is 5.69 Å². The highest BCUT2D eigenvalue weighted by atomic mass is 16.6. The Kier molecular flexibility index (Phi) is 3.02. The van der Waals surface area contributed by atoms with E-state index in [1.54, 1.807) is 0 Å². The quantitative estimate of drug-likeness (QED) is 0.473. The molecule has 1 aliphatic heterocycles. The number of carbonyl (C=O) groups is 2. The van der Waals surface area contributed by atoms with E-state index in [0.717, 1.165) is 0 Å². The van der Waals surface area contributed by atoms with Crippen LogP contribution in [0.3, 0.4) is 0 Å². The molecule has 1 aliphatic carbocycles. The van der Waals surface area contributed by atoms with Crippen LogP contribution in [0, 0.1) is 16.0 Å². The van der Waals surface area contributed by atoms with Gasteiger partial charge in [0.2, 0.25) is 5.60 Å². The lowest BCUT2D eigenvalue weighted by Crippen LogP contribution is -2.65. The van der Waals surface area contributed by atoms with Crippen LogP contribution in [-0.4, -0.2) is 29.4 Å². The summed E-state index contributed by atoms with van der Waals surface area (Å²) in [7, 11) is 0. The molecule has 0 amide bonds. The number of nitro benzene ring substituents is 1. The van der Waals surface area contributed by atoms with Crippen LogP contribution < -0.4 is 0 Å². The fourth-order valence-electron chi connectivity index (χ4n) is 3.11. The Morgan fingerprint density at radius 2 is 2.10 bits per heavy atom. The molecule has 1 aromatic carbocycles. The lowest BCUT2D eigenvalue weighted by atomic mass is 9.63. The molecule has 1 saturated heterocycles. The first-order valence-electron chi connectivity index (χ1n) is 6.57. The highest BCUT2D eigenvalue weighted by Crippen LogP contribution is 2.52. The van der Waals surface area contributed by atoms with E-state index in [1.165, 1.54) is 31.2 Å². The van der Waals surface area contributed by atoms with E-state index in [-0.39, 0.29) is 17.4 Å². The van der Waals surface area contributed by atoms with E-state index in [4.69, 9.17) is 9.47 Å². The number of nitrogens with zero attached hydrogens (tertiary/aromatic N) is 1. The number of Topliss-reactive ketones (excluding diaryl/α,β-unsaturated/α-hetero) is 1. The molecule has 110 valence electrons. The number of fused-ring (bicyclic) bond motifs is 1. The van der Waals surface area contributed by atoms with Crippen molar-refractivity contribution in [1.29, 1.82) is 0 Å². The van der Waals surface area contributed by atoms with Crippen molar-refractivity contribution in [3.8, 4) is 0 Å². The Bertz CT molecular complexity index is 625. The minimum Gasteiger partial charge on any atom is -0.443 e. The molecule has 0 aromatic heterocycles. The molecule has 21 heavy (non-hydrogen) atoms. The van der Waals surface area contributed by atoms with Gasteiger partial charge in [-0.2, -0.15) is 0 Å². The molecule has 0 spiro atoms. The fraction of sp³-hybridized carbons (Fsp3) is 0.429. The molecule has 2 fully saturated rings. The van der Waals surface area contributed by atoms with Crippen molar-refractivity contribution < 1.29 is 24.0 Å². The van der Waals surface area contributed by atoms with Crippen LogP contribution in [0.4, 0.5) is 5.69 Å². The van der Waals surface area contributed by atoms with Crippen molar-refractivity contribution in [2.45, 2.75) is 25.0 Å². The number of ether oxygens (including phenoxy) is 2. The van der Waals surface area contributed by atoms with Crippen LogP contribution in [-0.2, 0) is 24.7 Å². The SMILES string of the molecule is CC(=O)O[C@]1(c2ccc([N+](=O)[O-])cc2)C(=O)[C@H]2CCO[C@H]21. The van der Waals surface area contributed by atoms with E-state index in [2.05, 4.69) is 0 Å². The number of rotatable bonds is 3.